The molecule has 0 N–H and O–H groups in total. The molecule has 0 atom stereocenters. The number of rotatable bonds is 3. The van der Waals surface area contributed by atoms with Crippen LogP contribution in [0, 0.1) is 20.8 Å². The Kier molecular flexibility index (Phi) is 3.70. The monoisotopic (exact) mass is 253 g/mol. The third-order valence-electron chi connectivity index (χ3n) is 3.48. The van der Waals surface area contributed by atoms with E-state index in [1.807, 2.05) is 32.2 Å². The summed E-state index contributed by atoms with van der Waals surface area (Å²) in [6.45, 7) is 6.17. The summed E-state index contributed by atoms with van der Waals surface area (Å²) in [5.41, 5.74) is 6.54. The van der Waals surface area contributed by atoms with Gasteiger partial charge in [-0.3, -0.25) is 4.79 Å². The lowest BCUT2D eigenvalue weighted by atomic mass is 10.1. The molecule has 2 heteroatoms. The molecule has 0 aromatic heterocycles. The minimum Gasteiger partial charge on any atom is -0.344 e. The Bertz CT molecular complexity index is 617. The van der Waals surface area contributed by atoms with Crippen LogP contribution in [0.5, 0.6) is 0 Å². The van der Waals surface area contributed by atoms with Crippen molar-refractivity contribution in [3.05, 3.63) is 58.7 Å². The summed E-state index contributed by atoms with van der Waals surface area (Å²) in [5, 5.41) is 0. The molecule has 98 valence electrons. The van der Waals surface area contributed by atoms with Crippen molar-refractivity contribution in [2.75, 3.05) is 11.9 Å². The third kappa shape index (κ3) is 2.68. The Morgan fingerprint density at radius 2 is 1.68 bits per heavy atom. The first kappa shape index (κ1) is 13.3. The van der Waals surface area contributed by atoms with Crippen molar-refractivity contribution in [1.29, 1.82) is 0 Å². The molecule has 0 amide bonds. The summed E-state index contributed by atoms with van der Waals surface area (Å²) in [4.78, 5) is 13.0. The van der Waals surface area contributed by atoms with Gasteiger partial charge in [0.15, 0.2) is 0 Å². The van der Waals surface area contributed by atoms with Gasteiger partial charge in [0.1, 0.15) is 6.29 Å². The Morgan fingerprint density at radius 3 is 2.26 bits per heavy atom. The first-order chi connectivity index (χ1) is 9.02. The molecule has 0 bridgehead atoms. The van der Waals surface area contributed by atoms with E-state index in [-0.39, 0.29) is 0 Å². The number of hydrogen-bond donors (Lipinski definition) is 0. The average Bonchev–Trinajstić information content (AvgIpc) is 2.38. The molecule has 2 aromatic carbocycles. The van der Waals surface area contributed by atoms with Gasteiger partial charge >= 0.3 is 0 Å². The number of carbonyl (C=O) groups excluding carboxylic acids is 1. The summed E-state index contributed by atoms with van der Waals surface area (Å²) < 4.78 is 0. The standard InChI is InChI=1S/C17H19NO/c1-12-5-8-17(14(3)9-12)18(4)16-7-6-15(11-19)13(2)10-16/h5-11H,1-4H3. The van der Waals surface area contributed by atoms with Gasteiger partial charge in [0.25, 0.3) is 0 Å². The number of aldehydes is 1. The summed E-state index contributed by atoms with van der Waals surface area (Å²) in [5.74, 6) is 0. The zero-order valence-electron chi connectivity index (χ0n) is 11.9. The van der Waals surface area contributed by atoms with Crippen LogP contribution in [0.15, 0.2) is 36.4 Å². The normalized spacial score (nSPS) is 10.3. The third-order valence-corrected chi connectivity index (χ3v) is 3.48. The second-order valence-electron chi connectivity index (χ2n) is 5.01. The molecular formula is C17H19NO. The van der Waals surface area contributed by atoms with Crippen LogP contribution in [0.3, 0.4) is 0 Å². The van der Waals surface area contributed by atoms with E-state index in [1.54, 1.807) is 0 Å². The van der Waals surface area contributed by atoms with Gasteiger partial charge < -0.3 is 4.90 Å². The Morgan fingerprint density at radius 1 is 0.947 bits per heavy atom. The Hall–Kier alpha value is -2.09. The highest BCUT2D eigenvalue weighted by atomic mass is 16.1. The topological polar surface area (TPSA) is 20.3 Å². The highest BCUT2D eigenvalue weighted by Crippen LogP contribution is 2.28. The fraction of sp³-hybridized carbons (Fsp3) is 0.235. The van der Waals surface area contributed by atoms with E-state index in [9.17, 15) is 4.79 Å². The number of aryl methyl sites for hydroxylation is 3. The lowest BCUT2D eigenvalue weighted by Crippen LogP contribution is -2.11. The van der Waals surface area contributed by atoms with Crippen LogP contribution in [-0.2, 0) is 0 Å². The minimum atomic E-state index is 0.748. The fourth-order valence-corrected chi connectivity index (χ4v) is 2.32. The molecule has 2 nitrogen and oxygen atoms in total. The van der Waals surface area contributed by atoms with Crippen LogP contribution in [0.2, 0.25) is 0 Å². The molecule has 19 heavy (non-hydrogen) atoms. The predicted molar refractivity (Wildman–Crippen MR) is 80.5 cm³/mol. The molecule has 0 aliphatic rings. The highest BCUT2D eigenvalue weighted by molar-refractivity contribution is 5.79. The SMILES string of the molecule is Cc1ccc(N(C)c2ccc(C=O)c(C)c2)c(C)c1. The van der Waals surface area contributed by atoms with Crippen LogP contribution >= 0.6 is 0 Å². The number of nitrogens with zero attached hydrogens (tertiary/aromatic N) is 1. The van der Waals surface area contributed by atoms with Crippen molar-refractivity contribution < 1.29 is 4.79 Å². The summed E-state index contributed by atoms with van der Waals surface area (Å²) in [6.07, 6.45) is 0.899. The zero-order chi connectivity index (χ0) is 14.0. The van der Waals surface area contributed by atoms with E-state index in [4.69, 9.17) is 0 Å². The maximum absolute atomic E-state index is 10.9. The molecule has 2 aromatic rings. The van der Waals surface area contributed by atoms with Gasteiger partial charge in [-0.2, -0.15) is 0 Å². The smallest absolute Gasteiger partial charge is 0.150 e. The number of carbonyl (C=O) groups is 1. The van der Waals surface area contributed by atoms with Gasteiger partial charge in [0.2, 0.25) is 0 Å². The largest absolute Gasteiger partial charge is 0.344 e. The van der Waals surface area contributed by atoms with Crippen molar-refractivity contribution in [2.24, 2.45) is 0 Å². The molecule has 0 aliphatic carbocycles. The van der Waals surface area contributed by atoms with Crippen molar-refractivity contribution in [2.45, 2.75) is 20.8 Å². The lowest BCUT2D eigenvalue weighted by Gasteiger charge is -2.22. The van der Waals surface area contributed by atoms with E-state index < -0.39 is 0 Å². The van der Waals surface area contributed by atoms with Crippen LogP contribution in [0.1, 0.15) is 27.0 Å². The molecule has 2 rings (SSSR count). The highest BCUT2D eigenvalue weighted by Gasteiger charge is 2.08. The van der Waals surface area contributed by atoms with Gasteiger partial charge in [-0.15, -0.1) is 0 Å². The maximum atomic E-state index is 10.9. The van der Waals surface area contributed by atoms with E-state index in [0.29, 0.717) is 0 Å². The van der Waals surface area contributed by atoms with Gasteiger partial charge in [-0.05, 0) is 56.2 Å². The van der Waals surface area contributed by atoms with Gasteiger partial charge in [0.05, 0.1) is 0 Å². The minimum absolute atomic E-state index is 0.748. The van der Waals surface area contributed by atoms with E-state index in [1.165, 1.54) is 16.8 Å². The second-order valence-corrected chi connectivity index (χ2v) is 5.01. The number of benzene rings is 2. The molecular weight excluding hydrogens is 234 g/mol. The van der Waals surface area contributed by atoms with Crippen molar-refractivity contribution in [3.63, 3.8) is 0 Å². The summed E-state index contributed by atoms with van der Waals surface area (Å²) >= 11 is 0. The molecule has 0 aliphatic heterocycles. The predicted octanol–water partition coefficient (Wildman–Crippen LogP) is 4.19. The lowest BCUT2D eigenvalue weighted by molar-refractivity contribution is 0.112. The van der Waals surface area contributed by atoms with Crippen LogP contribution in [-0.4, -0.2) is 13.3 Å². The average molecular weight is 253 g/mol. The maximum Gasteiger partial charge on any atom is 0.150 e. The first-order valence-corrected chi connectivity index (χ1v) is 6.39. The van der Waals surface area contributed by atoms with Crippen molar-refractivity contribution >= 4 is 17.7 Å². The van der Waals surface area contributed by atoms with Crippen molar-refractivity contribution in [1.82, 2.24) is 0 Å². The van der Waals surface area contributed by atoms with E-state index in [2.05, 4.69) is 36.9 Å². The van der Waals surface area contributed by atoms with Gasteiger partial charge in [-0.1, -0.05) is 17.7 Å². The second kappa shape index (κ2) is 5.27. The molecule has 0 radical (unpaired) electrons. The van der Waals surface area contributed by atoms with Crippen molar-refractivity contribution in [3.8, 4) is 0 Å². The Labute approximate surface area is 114 Å². The van der Waals surface area contributed by atoms with Crippen LogP contribution in [0.4, 0.5) is 11.4 Å². The summed E-state index contributed by atoms with van der Waals surface area (Å²) in [7, 11) is 2.05. The van der Waals surface area contributed by atoms with Gasteiger partial charge in [-0.25, -0.2) is 0 Å². The number of anilines is 2. The zero-order valence-corrected chi connectivity index (χ0v) is 11.9. The van der Waals surface area contributed by atoms with E-state index >= 15 is 0 Å². The molecule has 0 fully saturated rings. The number of hydrogen-bond acceptors (Lipinski definition) is 2. The molecule has 0 saturated carbocycles. The van der Waals surface area contributed by atoms with E-state index in [0.717, 1.165) is 23.1 Å². The summed E-state index contributed by atoms with van der Waals surface area (Å²) in [6, 6.07) is 12.3. The van der Waals surface area contributed by atoms with Crippen LogP contribution in [0.25, 0.3) is 0 Å². The molecule has 0 spiro atoms. The molecule has 0 unspecified atom stereocenters. The van der Waals surface area contributed by atoms with Gasteiger partial charge in [0, 0.05) is 24.0 Å². The first-order valence-electron chi connectivity index (χ1n) is 6.39. The fourth-order valence-electron chi connectivity index (χ4n) is 2.32. The van der Waals surface area contributed by atoms with Crippen LogP contribution < -0.4 is 4.90 Å². The molecule has 0 saturated heterocycles. The molecule has 0 heterocycles. The Balaban J connectivity index is 2.41. The quantitative estimate of drug-likeness (QED) is 0.764.